The van der Waals surface area contributed by atoms with Crippen molar-refractivity contribution >= 4 is 17.5 Å². The minimum atomic E-state index is -0.814. The van der Waals surface area contributed by atoms with Gasteiger partial charge in [-0.3, -0.25) is 9.78 Å². The van der Waals surface area contributed by atoms with Crippen LogP contribution in [0.2, 0.25) is 0 Å². The molecule has 0 radical (unpaired) electrons. The number of aromatic nitrogens is 5. The third-order valence-corrected chi connectivity index (χ3v) is 6.10. The van der Waals surface area contributed by atoms with Crippen LogP contribution in [0.5, 0.6) is 0 Å². The van der Waals surface area contributed by atoms with E-state index < -0.39 is 11.7 Å². The van der Waals surface area contributed by atoms with Gasteiger partial charge < -0.3 is 25.1 Å². The predicted octanol–water partition coefficient (Wildman–Crippen LogP) is 4.39. The van der Waals surface area contributed by atoms with E-state index in [0.717, 1.165) is 12.1 Å². The minimum absolute atomic E-state index is 0.111. The van der Waals surface area contributed by atoms with Gasteiger partial charge in [0.1, 0.15) is 5.82 Å². The highest BCUT2D eigenvalue weighted by Gasteiger charge is 2.40. The summed E-state index contributed by atoms with van der Waals surface area (Å²) in [6.45, 7) is 4.74. The maximum atomic E-state index is 13.7. The zero-order chi connectivity index (χ0) is 26.5. The normalized spacial score (nSPS) is 19.2. The molecule has 4 heterocycles. The van der Waals surface area contributed by atoms with E-state index in [0.29, 0.717) is 41.0 Å². The second-order valence-electron chi connectivity index (χ2n) is 9.25. The quantitative estimate of drug-likeness (QED) is 0.314. The van der Waals surface area contributed by atoms with Gasteiger partial charge in [-0.15, -0.1) is 0 Å². The Hall–Kier alpha value is -4.22. The molecule has 0 bridgehead atoms. The Balaban J connectivity index is 1.44. The number of hydrogen-bond donors (Lipinski definition) is 3. The summed E-state index contributed by atoms with van der Waals surface area (Å²) in [5.41, 5.74) is 2.38. The topological polar surface area (TPSA) is 127 Å². The Labute approximate surface area is 219 Å². The summed E-state index contributed by atoms with van der Waals surface area (Å²) in [6.07, 6.45) is 5.00. The number of nitrogens with zero attached hydrogens (tertiary/aromatic N) is 4. The third kappa shape index (κ3) is 5.53. The molecule has 1 aromatic carbocycles. The van der Waals surface area contributed by atoms with Crippen molar-refractivity contribution in [3.05, 3.63) is 72.7 Å². The van der Waals surface area contributed by atoms with Crippen LogP contribution in [0.25, 0.3) is 22.6 Å². The first-order valence-electron chi connectivity index (χ1n) is 12.3. The number of carbonyl (C=O) groups excluding carboxylic acids is 1. The van der Waals surface area contributed by atoms with Crippen LogP contribution in [-0.2, 0) is 14.3 Å². The molecule has 196 valence electrons. The fourth-order valence-corrected chi connectivity index (χ4v) is 3.98. The van der Waals surface area contributed by atoms with Crippen molar-refractivity contribution in [2.45, 2.75) is 26.6 Å². The average molecular weight is 518 g/mol. The molecule has 1 aliphatic heterocycles. The molecule has 0 saturated carbocycles. The number of amides is 1. The van der Waals surface area contributed by atoms with Crippen LogP contribution >= 0.6 is 0 Å². The van der Waals surface area contributed by atoms with E-state index in [1.165, 1.54) is 12.1 Å². The van der Waals surface area contributed by atoms with Crippen LogP contribution in [0, 0.1) is 11.2 Å². The number of ether oxygens (including phenoxy) is 2. The Bertz CT molecular complexity index is 1390. The summed E-state index contributed by atoms with van der Waals surface area (Å²) in [4.78, 5) is 33.6. The van der Waals surface area contributed by atoms with Gasteiger partial charge in [0.15, 0.2) is 5.82 Å². The Kier molecular flexibility index (Phi) is 7.38. The van der Waals surface area contributed by atoms with Gasteiger partial charge in [-0.25, -0.2) is 19.3 Å². The van der Waals surface area contributed by atoms with Crippen LogP contribution in [0.3, 0.4) is 0 Å². The van der Waals surface area contributed by atoms with E-state index in [2.05, 4.69) is 30.6 Å². The molecule has 0 spiro atoms. The number of halogens is 1. The Morgan fingerprint density at radius 2 is 1.82 bits per heavy atom. The SMILES string of the molecule is CCCNC(=O)C1(C)COC(c2nc(-c3ccc(F)cc3)c(-c3ccnc(Nc4ccncc4)n3)[nH]2)OC1. The number of aromatic amines is 1. The molecule has 0 unspecified atom stereocenters. The van der Waals surface area contributed by atoms with Crippen LogP contribution < -0.4 is 10.6 Å². The summed E-state index contributed by atoms with van der Waals surface area (Å²) in [6, 6.07) is 11.4. The van der Waals surface area contributed by atoms with E-state index in [9.17, 15) is 9.18 Å². The number of carbonyl (C=O) groups is 1. The van der Waals surface area contributed by atoms with Crippen molar-refractivity contribution in [1.29, 1.82) is 0 Å². The van der Waals surface area contributed by atoms with Crippen LogP contribution in [0.15, 0.2) is 61.1 Å². The summed E-state index contributed by atoms with van der Waals surface area (Å²) in [5.74, 6) is 0.336. The maximum Gasteiger partial charge on any atom is 0.230 e. The summed E-state index contributed by atoms with van der Waals surface area (Å²) >= 11 is 0. The summed E-state index contributed by atoms with van der Waals surface area (Å²) in [5, 5.41) is 6.06. The van der Waals surface area contributed by atoms with Gasteiger partial charge in [0.25, 0.3) is 0 Å². The van der Waals surface area contributed by atoms with E-state index in [4.69, 9.17) is 14.5 Å². The second-order valence-corrected chi connectivity index (χ2v) is 9.25. The van der Waals surface area contributed by atoms with Gasteiger partial charge in [-0.1, -0.05) is 6.92 Å². The van der Waals surface area contributed by atoms with Crippen molar-refractivity contribution in [1.82, 2.24) is 30.2 Å². The molecule has 11 heteroatoms. The lowest BCUT2D eigenvalue weighted by atomic mass is 9.91. The highest BCUT2D eigenvalue weighted by atomic mass is 19.1. The fraction of sp³-hybridized carbons (Fsp3) is 0.296. The number of rotatable bonds is 8. The number of H-pyrrole nitrogens is 1. The van der Waals surface area contributed by atoms with E-state index in [1.54, 1.807) is 36.8 Å². The molecule has 1 saturated heterocycles. The first-order chi connectivity index (χ1) is 18.4. The lowest BCUT2D eigenvalue weighted by molar-refractivity contribution is -0.231. The number of nitrogens with one attached hydrogen (secondary N) is 3. The van der Waals surface area contributed by atoms with Crippen molar-refractivity contribution in [3.63, 3.8) is 0 Å². The number of anilines is 2. The smallest absolute Gasteiger partial charge is 0.230 e. The standard InChI is InChI=1S/C27H28FN7O3/c1-3-11-30-25(36)27(2)15-37-24(38-16-27)23-34-21(17-4-6-18(28)7-5-17)22(35-23)20-10-14-31-26(33-20)32-19-8-12-29-13-9-19/h4-10,12-14,24H,3,11,15-16H2,1-2H3,(H,30,36)(H,34,35)(H,29,31,32,33). The molecule has 1 aliphatic rings. The Morgan fingerprint density at radius 3 is 2.53 bits per heavy atom. The van der Waals surface area contributed by atoms with Crippen molar-refractivity contribution in [2.75, 3.05) is 25.1 Å². The van der Waals surface area contributed by atoms with Gasteiger partial charge in [-0.05, 0) is 55.8 Å². The molecule has 3 N–H and O–H groups in total. The molecule has 1 fully saturated rings. The largest absolute Gasteiger partial charge is 0.355 e. The molecule has 5 rings (SSSR count). The van der Waals surface area contributed by atoms with Gasteiger partial charge in [0, 0.05) is 36.4 Å². The molecular weight excluding hydrogens is 489 g/mol. The van der Waals surface area contributed by atoms with Gasteiger partial charge in [0.2, 0.25) is 18.1 Å². The molecular formula is C27H28FN7O3. The maximum absolute atomic E-state index is 13.7. The van der Waals surface area contributed by atoms with Crippen molar-refractivity contribution in [3.8, 4) is 22.6 Å². The zero-order valence-corrected chi connectivity index (χ0v) is 21.1. The highest BCUT2D eigenvalue weighted by molar-refractivity contribution is 5.82. The summed E-state index contributed by atoms with van der Waals surface area (Å²) in [7, 11) is 0. The average Bonchev–Trinajstić information content (AvgIpc) is 3.39. The Morgan fingerprint density at radius 1 is 1.08 bits per heavy atom. The number of benzene rings is 1. The third-order valence-electron chi connectivity index (χ3n) is 6.10. The molecule has 4 aromatic rings. The molecule has 38 heavy (non-hydrogen) atoms. The van der Waals surface area contributed by atoms with Gasteiger partial charge >= 0.3 is 0 Å². The van der Waals surface area contributed by atoms with Crippen LogP contribution in [0.1, 0.15) is 32.4 Å². The van der Waals surface area contributed by atoms with Crippen molar-refractivity contribution < 1.29 is 18.7 Å². The number of pyridine rings is 1. The molecule has 0 aliphatic carbocycles. The number of imidazole rings is 1. The lowest BCUT2D eigenvalue weighted by Crippen LogP contribution is -2.48. The first-order valence-corrected chi connectivity index (χ1v) is 12.3. The zero-order valence-electron chi connectivity index (χ0n) is 21.1. The van der Waals surface area contributed by atoms with E-state index in [-0.39, 0.29) is 24.9 Å². The predicted molar refractivity (Wildman–Crippen MR) is 139 cm³/mol. The molecule has 3 aromatic heterocycles. The van der Waals surface area contributed by atoms with Crippen molar-refractivity contribution in [2.24, 2.45) is 5.41 Å². The van der Waals surface area contributed by atoms with E-state index in [1.807, 2.05) is 26.0 Å². The van der Waals surface area contributed by atoms with Gasteiger partial charge in [0.05, 0.1) is 35.7 Å². The lowest BCUT2D eigenvalue weighted by Gasteiger charge is -2.35. The first kappa shape index (κ1) is 25.4. The molecule has 10 nitrogen and oxygen atoms in total. The fourth-order valence-electron chi connectivity index (χ4n) is 3.98. The second kappa shape index (κ2) is 11.0. The molecule has 1 amide bonds. The van der Waals surface area contributed by atoms with Crippen LogP contribution in [0.4, 0.5) is 16.0 Å². The molecule has 0 atom stereocenters. The van der Waals surface area contributed by atoms with Gasteiger partial charge in [-0.2, -0.15) is 0 Å². The highest BCUT2D eigenvalue weighted by Crippen LogP contribution is 2.35. The summed E-state index contributed by atoms with van der Waals surface area (Å²) < 4.78 is 25.6. The van der Waals surface area contributed by atoms with Crippen LogP contribution in [-0.4, -0.2) is 50.6 Å². The number of hydrogen-bond acceptors (Lipinski definition) is 8. The van der Waals surface area contributed by atoms with E-state index >= 15 is 0 Å². The minimum Gasteiger partial charge on any atom is -0.355 e. The monoisotopic (exact) mass is 517 g/mol.